The van der Waals surface area contributed by atoms with Crippen LogP contribution in [-0.2, 0) is 14.3 Å². The molecule has 1 aromatic carbocycles. The number of benzene rings is 1. The van der Waals surface area contributed by atoms with Gasteiger partial charge in [0.2, 0.25) is 5.89 Å². The van der Waals surface area contributed by atoms with Crippen molar-refractivity contribution >= 4 is 29.1 Å². The number of hydrogen-bond acceptors (Lipinski definition) is 5. The van der Waals surface area contributed by atoms with Gasteiger partial charge >= 0.3 is 5.97 Å². The van der Waals surface area contributed by atoms with E-state index in [1.807, 2.05) is 29.2 Å². The lowest BCUT2D eigenvalue weighted by Gasteiger charge is -2.44. The van der Waals surface area contributed by atoms with Crippen molar-refractivity contribution in [3.05, 3.63) is 36.2 Å². The second-order valence-electron chi connectivity index (χ2n) is 7.30. The molecule has 1 amide bonds. The van der Waals surface area contributed by atoms with Gasteiger partial charge in [-0.3, -0.25) is 4.79 Å². The summed E-state index contributed by atoms with van der Waals surface area (Å²) in [6.07, 6.45) is 9.68. The molecule has 1 aromatic heterocycles. The van der Waals surface area contributed by atoms with Gasteiger partial charge in [-0.1, -0.05) is 25.0 Å². The zero-order chi connectivity index (χ0) is 18.6. The lowest BCUT2D eigenvalue weighted by atomic mass is 9.78. The van der Waals surface area contributed by atoms with E-state index in [9.17, 15) is 9.59 Å². The summed E-state index contributed by atoms with van der Waals surface area (Å²) in [6, 6.07) is 7.71. The molecule has 1 saturated carbocycles. The standard InChI is InChI=1S/C21H24N2O4/c24-20(23-13-5-7-15-6-1-3-9-17(15)23)14-26-21(25)12-11-19-22-16-8-2-4-10-18(16)27-19/h2,4,8,10-12,15,17H,1,3,5-7,9,13-14H2/b12-11+/t15-,17+/m1/s1. The van der Waals surface area contributed by atoms with Crippen LogP contribution in [0.15, 0.2) is 34.8 Å². The largest absolute Gasteiger partial charge is 0.452 e. The Kier molecular flexibility index (Phi) is 5.23. The van der Waals surface area contributed by atoms with Crippen LogP contribution in [-0.4, -0.2) is 41.0 Å². The number of oxazole rings is 1. The fourth-order valence-electron chi connectivity index (χ4n) is 4.30. The topological polar surface area (TPSA) is 72.6 Å². The number of rotatable bonds is 4. The number of hydrogen-bond donors (Lipinski definition) is 0. The Morgan fingerprint density at radius 1 is 1.19 bits per heavy atom. The SMILES string of the molecule is O=C(/C=C/c1nc2ccccc2o1)OCC(=O)N1CCC[C@H]2CCCC[C@@H]21. The highest BCUT2D eigenvalue weighted by molar-refractivity contribution is 5.89. The second-order valence-corrected chi connectivity index (χ2v) is 7.30. The number of nitrogens with zero attached hydrogens (tertiary/aromatic N) is 2. The summed E-state index contributed by atoms with van der Waals surface area (Å²) >= 11 is 0. The zero-order valence-corrected chi connectivity index (χ0v) is 15.3. The van der Waals surface area contributed by atoms with Crippen LogP contribution in [0.1, 0.15) is 44.4 Å². The molecule has 142 valence electrons. The van der Waals surface area contributed by atoms with E-state index in [4.69, 9.17) is 9.15 Å². The van der Waals surface area contributed by atoms with E-state index < -0.39 is 5.97 Å². The maximum atomic E-state index is 12.5. The molecule has 0 N–H and O–H groups in total. The maximum absolute atomic E-state index is 12.5. The van der Waals surface area contributed by atoms with Crippen LogP contribution in [0.5, 0.6) is 0 Å². The van der Waals surface area contributed by atoms with E-state index in [2.05, 4.69) is 4.98 Å². The van der Waals surface area contributed by atoms with Crippen LogP contribution in [0.2, 0.25) is 0 Å². The molecule has 2 heterocycles. The monoisotopic (exact) mass is 368 g/mol. The summed E-state index contributed by atoms with van der Waals surface area (Å²) in [5, 5.41) is 0. The van der Waals surface area contributed by atoms with Crippen LogP contribution in [0.25, 0.3) is 17.2 Å². The predicted molar refractivity (Wildman–Crippen MR) is 101 cm³/mol. The number of piperidine rings is 1. The van der Waals surface area contributed by atoms with E-state index in [1.165, 1.54) is 37.8 Å². The molecule has 27 heavy (non-hydrogen) atoms. The molecule has 2 aromatic rings. The van der Waals surface area contributed by atoms with Gasteiger partial charge < -0.3 is 14.1 Å². The smallest absolute Gasteiger partial charge is 0.331 e. The number of para-hydroxylation sites is 2. The van der Waals surface area contributed by atoms with E-state index in [0.29, 0.717) is 23.4 Å². The molecule has 1 saturated heterocycles. The van der Waals surface area contributed by atoms with Crippen molar-refractivity contribution in [2.75, 3.05) is 13.2 Å². The number of fused-ring (bicyclic) bond motifs is 2. The Labute approximate surface area is 158 Å². The van der Waals surface area contributed by atoms with Crippen molar-refractivity contribution in [2.24, 2.45) is 5.92 Å². The highest BCUT2D eigenvalue weighted by Gasteiger charge is 2.35. The number of carbonyl (C=O) groups excluding carboxylic acids is 2. The summed E-state index contributed by atoms with van der Waals surface area (Å²) < 4.78 is 10.7. The molecule has 0 unspecified atom stereocenters. The summed E-state index contributed by atoms with van der Waals surface area (Å²) in [5.74, 6) is 0.296. The lowest BCUT2D eigenvalue weighted by Crippen LogP contribution is -2.50. The van der Waals surface area contributed by atoms with Gasteiger partial charge in [0.1, 0.15) is 5.52 Å². The van der Waals surface area contributed by atoms with Gasteiger partial charge in [-0.2, -0.15) is 0 Å². The fourth-order valence-corrected chi connectivity index (χ4v) is 4.30. The summed E-state index contributed by atoms with van der Waals surface area (Å²) in [4.78, 5) is 30.7. The highest BCUT2D eigenvalue weighted by Crippen LogP contribution is 2.35. The third kappa shape index (κ3) is 4.04. The average molecular weight is 368 g/mol. The van der Waals surface area contributed by atoms with Crippen molar-refractivity contribution < 1.29 is 18.7 Å². The number of amides is 1. The Hall–Kier alpha value is -2.63. The molecular weight excluding hydrogens is 344 g/mol. The minimum atomic E-state index is -0.567. The Morgan fingerprint density at radius 2 is 2.00 bits per heavy atom. The van der Waals surface area contributed by atoms with Gasteiger partial charge in [0, 0.05) is 24.7 Å². The second kappa shape index (κ2) is 7.94. The Balaban J connectivity index is 1.31. The third-order valence-corrected chi connectivity index (χ3v) is 5.57. The van der Waals surface area contributed by atoms with E-state index in [1.54, 1.807) is 0 Å². The summed E-state index contributed by atoms with van der Waals surface area (Å²) in [7, 11) is 0. The minimum absolute atomic E-state index is 0.0878. The normalized spacial score (nSPS) is 22.7. The molecule has 1 aliphatic heterocycles. The van der Waals surface area contributed by atoms with E-state index >= 15 is 0 Å². The first-order chi connectivity index (χ1) is 13.2. The van der Waals surface area contributed by atoms with Gasteiger partial charge in [0.05, 0.1) is 0 Å². The van der Waals surface area contributed by atoms with Crippen LogP contribution >= 0.6 is 0 Å². The van der Waals surface area contributed by atoms with Crippen molar-refractivity contribution in [2.45, 2.75) is 44.6 Å². The zero-order valence-electron chi connectivity index (χ0n) is 15.3. The molecule has 0 spiro atoms. The first-order valence-corrected chi connectivity index (χ1v) is 9.70. The molecule has 4 rings (SSSR count). The number of aromatic nitrogens is 1. The van der Waals surface area contributed by atoms with Gasteiger partial charge in [0.15, 0.2) is 12.2 Å². The van der Waals surface area contributed by atoms with Crippen molar-refractivity contribution in [1.82, 2.24) is 9.88 Å². The minimum Gasteiger partial charge on any atom is -0.452 e. The lowest BCUT2D eigenvalue weighted by molar-refractivity contribution is -0.151. The molecule has 6 heteroatoms. The van der Waals surface area contributed by atoms with Gasteiger partial charge in [-0.05, 0) is 43.7 Å². The van der Waals surface area contributed by atoms with Gasteiger partial charge in [-0.15, -0.1) is 0 Å². The van der Waals surface area contributed by atoms with Crippen LogP contribution in [0, 0.1) is 5.92 Å². The molecule has 2 atom stereocenters. The molecule has 2 aliphatic rings. The number of ether oxygens (including phenoxy) is 1. The first kappa shape index (κ1) is 17.8. The summed E-state index contributed by atoms with van der Waals surface area (Å²) in [5.41, 5.74) is 1.39. The number of carbonyl (C=O) groups is 2. The molecule has 2 fully saturated rings. The maximum Gasteiger partial charge on any atom is 0.331 e. The molecule has 0 bridgehead atoms. The van der Waals surface area contributed by atoms with Crippen molar-refractivity contribution in [3.63, 3.8) is 0 Å². The number of likely N-dealkylation sites (tertiary alicyclic amines) is 1. The Bertz CT molecular complexity index is 822. The van der Waals surface area contributed by atoms with Crippen LogP contribution in [0.4, 0.5) is 0 Å². The van der Waals surface area contributed by atoms with Crippen molar-refractivity contribution in [3.8, 4) is 0 Å². The van der Waals surface area contributed by atoms with Crippen LogP contribution < -0.4 is 0 Å². The molecule has 0 radical (unpaired) electrons. The fraction of sp³-hybridized carbons (Fsp3) is 0.476. The van der Waals surface area contributed by atoms with Gasteiger partial charge in [-0.25, -0.2) is 9.78 Å². The Morgan fingerprint density at radius 3 is 2.89 bits per heavy atom. The average Bonchev–Trinajstić information content (AvgIpc) is 3.13. The first-order valence-electron chi connectivity index (χ1n) is 9.70. The van der Waals surface area contributed by atoms with Crippen LogP contribution in [0.3, 0.4) is 0 Å². The molecule has 1 aliphatic carbocycles. The van der Waals surface area contributed by atoms with Gasteiger partial charge in [0.25, 0.3) is 5.91 Å². The predicted octanol–water partition coefficient (Wildman–Crippen LogP) is 3.57. The van der Waals surface area contributed by atoms with Crippen molar-refractivity contribution in [1.29, 1.82) is 0 Å². The third-order valence-electron chi connectivity index (χ3n) is 5.57. The van der Waals surface area contributed by atoms with E-state index in [0.717, 1.165) is 24.9 Å². The number of esters is 1. The summed E-state index contributed by atoms with van der Waals surface area (Å²) in [6.45, 7) is 0.566. The highest BCUT2D eigenvalue weighted by atomic mass is 16.5. The molecule has 6 nitrogen and oxygen atoms in total. The van der Waals surface area contributed by atoms with E-state index in [-0.39, 0.29) is 12.5 Å². The molecular formula is C21H24N2O4. The quantitative estimate of drug-likeness (QED) is 0.609.